The van der Waals surface area contributed by atoms with Gasteiger partial charge in [0.15, 0.2) is 0 Å². The second kappa shape index (κ2) is 9.90. The molecule has 1 aliphatic heterocycles. The van der Waals surface area contributed by atoms with E-state index in [1.165, 1.54) is 13.0 Å². The first-order valence-corrected chi connectivity index (χ1v) is 11.8. The predicted molar refractivity (Wildman–Crippen MR) is 135 cm³/mol. The van der Waals surface area contributed by atoms with E-state index in [1.807, 2.05) is 48.5 Å². The minimum atomic E-state index is -0.725. The summed E-state index contributed by atoms with van der Waals surface area (Å²) >= 11 is 0. The fourth-order valence-electron chi connectivity index (χ4n) is 4.69. The van der Waals surface area contributed by atoms with Crippen molar-refractivity contribution in [2.45, 2.75) is 26.0 Å². The lowest BCUT2D eigenvalue weighted by atomic mass is 10.0. The van der Waals surface area contributed by atoms with E-state index in [1.54, 1.807) is 12.1 Å². The first-order valence-electron chi connectivity index (χ1n) is 11.8. The van der Waals surface area contributed by atoms with Gasteiger partial charge in [-0.3, -0.25) is 9.69 Å². The third-order valence-electron chi connectivity index (χ3n) is 6.31. The van der Waals surface area contributed by atoms with Crippen molar-refractivity contribution in [1.29, 1.82) is 0 Å². The Morgan fingerprint density at radius 2 is 1.97 bits per heavy atom. The lowest BCUT2D eigenvalue weighted by Crippen LogP contribution is -2.38. The van der Waals surface area contributed by atoms with E-state index >= 15 is 0 Å². The summed E-state index contributed by atoms with van der Waals surface area (Å²) in [5, 5.41) is 14.4. The maximum Gasteiger partial charge on any atom is 0.221 e. The Bertz CT molecular complexity index is 1350. The van der Waals surface area contributed by atoms with Crippen molar-refractivity contribution in [2.24, 2.45) is 0 Å². The van der Waals surface area contributed by atoms with Crippen molar-refractivity contribution < 1.29 is 19.0 Å². The lowest BCUT2D eigenvalue weighted by Gasteiger charge is -2.29. The molecule has 4 aromatic rings. The van der Waals surface area contributed by atoms with Gasteiger partial charge in [0.25, 0.3) is 0 Å². The Hall–Kier alpha value is -3.68. The number of aliphatic hydroxyl groups excluding tert-OH is 1. The molecule has 1 aliphatic rings. The zero-order chi connectivity index (χ0) is 24.4. The van der Waals surface area contributed by atoms with Crippen LogP contribution in [0.25, 0.3) is 22.0 Å². The monoisotopic (exact) mass is 473 g/mol. The van der Waals surface area contributed by atoms with Crippen LogP contribution in [0.3, 0.4) is 0 Å². The van der Waals surface area contributed by atoms with Crippen LogP contribution >= 0.6 is 0 Å². The molecule has 5 rings (SSSR count). The number of anilines is 1. The number of nitrogens with zero attached hydrogens (tertiary/aromatic N) is 1. The molecular weight excluding hydrogens is 445 g/mol. The average molecular weight is 474 g/mol. The largest absolute Gasteiger partial charge is 0.489 e. The van der Waals surface area contributed by atoms with Crippen LogP contribution in [-0.2, 0) is 17.8 Å². The summed E-state index contributed by atoms with van der Waals surface area (Å²) in [5.41, 5.74) is 5.71. The van der Waals surface area contributed by atoms with Crippen molar-refractivity contribution in [1.82, 2.24) is 9.88 Å². The van der Waals surface area contributed by atoms with Crippen molar-refractivity contribution in [3.8, 4) is 16.9 Å². The van der Waals surface area contributed by atoms with Gasteiger partial charge in [0.05, 0.1) is 5.69 Å². The number of carbonyl (C=O) groups is 1. The molecule has 0 fully saturated rings. The molecule has 3 N–H and O–H groups in total. The average Bonchev–Trinajstić information content (AvgIpc) is 3.20. The third-order valence-corrected chi connectivity index (χ3v) is 6.31. The molecule has 3 aromatic carbocycles. The molecule has 1 atom stereocenters. The Morgan fingerprint density at radius 1 is 1.14 bits per heavy atom. The number of hydrogen-bond donors (Lipinski definition) is 3. The number of benzene rings is 3. The number of β-amino-alcohol motifs (C(OH)–C–C–N with tert-alkyl or cyclic N) is 1. The van der Waals surface area contributed by atoms with E-state index in [0.717, 1.165) is 46.3 Å². The molecule has 6 nitrogen and oxygen atoms in total. The maximum atomic E-state index is 13.8. The highest BCUT2D eigenvalue weighted by molar-refractivity contribution is 5.91. The summed E-state index contributed by atoms with van der Waals surface area (Å²) in [5.74, 6) is 0.0602. The van der Waals surface area contributed by atoms with Crippen LogP contribution in [0.2, 0.25) is 0 Å². The number of nitrogens with one attached hydrogen (secondary N) is 2. The van der Waals surface area contributed by atoms with E-state index in [4.69, 9.17) is 4.74 Å². The first-order chi connectivity index (χ1) is 17.0. The molecule has 0 saturated heterocycles. The van der Waals surface area contributed by atoms with Crippen LogP contribution in [-0.4, -0.2) is 46.7 Å². The summed E-state index contributed by atoms with van der Waals surface area (Å²) in [6.45, 7) is 3.40. The van der Waals surface area contributed by atoms with Crippen molar-refractivity contribution >= 4 is 22.5 Å². The number of rotatable bonds is 7. The van der Waals surface area contributed by atoms with Crippen LogP contribution < -0.4 is 10.1 Å². The minimum Gasteiger partial charge on any atom is -0.489 e. The van der Waals surface area contributed by atoms with E-state index in [-0.39, 0.29) is 18.3 Å². The first kappa shape index (κ1) is 23.1. The van der Waals surface area contributed by atoms with Crippen LogP contribution in [0, 0.1) is 5.82 Å². The molecule has 0 saturated carbocycles. The topological polar surface area (TPSA) is 77.6 Å². The molecule has 1 unspecified atom stereocenters. The zero-order valence-corrected chi connectivity index (χ0v) is 19.6. The summed E-state index contributed by atoms with van der Waals surface area (Å²) < 4.78 is 19.7. The predicted octanol–water partition coefficient (Wildman–Crippen LogP) is 4.73. The smallest absolute Gasteiger partial charge is 0.221 e. The summed E-state index contributed by atoms with van der Waals surface area (Å²) in [4.78, 5) is 17.3. The van der Waals surface area contributed by atoms with Gasteiger partial charge in [0.1, 0.15) is 24.3 Å². The summed E-state index contributed by atoms with van der Waals surface area (Å²) in [6.07, 6.45) is 0.0878. The molecule has 35 heavy (non-hydrogen) atoms. The Balaban J connectivity index is 1.25. The highest BCUT2D eigenvalue weighted by Crippen LogP contribution is 2.31. The number of H-pyrrole nitrogens is 1. The number of hydrogen-bond acceptors (Lipinski definition) is 4. The molecule has 1 amide bonds. The van der Waals surface area contributed by atoms with Gasteiger partial charge in [-0.2, -0.15) is 0 Å². The van der Waals surface area contributed by atoms with Crippen LogP contribution in [0.5, 0.6) is 5.75 Å². The van der Waals surface area contributed by atoms with E-state index < -0.39 is 6.10 Å². The summed E-state index contributed by atoms with van der Waals surface area (Å²) in [6, 6.07) is 20.3. The second-order valence-corrected chi connectivity index (χ2v) is 8.98. The minimum absolute atomic E-state index is 0.0864. The molecule has 180 valence electrons. The number of aromatic nitrogens is 1. The molecule has 0 bridgehead atoms. The standard InChI is InChI=1S/C28H28FN3O3/c1-18(33)30-27-13-20(19-5-3-2-4-6-19)7-10-28(27)35-17-22(34)15-32-12-11-26-24(16-32)23-14-21(29)8-9-25(23)31-26/h2-10,13-14,22,31,34H,11-12,15-17H2,1H3,(H,30,33). The number of halogens is 1. The van der Waals surface area contributed by atoms with Crippen LogP contribution in [0.1, 0.15) is 18.2 Å². The van der Waals surface area contributed by atoms with E-state index in [0.29, 0.717) is 24.5 Å². The van der Waals surface area contributed by atoms with Crippen LogP contribution in [0.15, 0.2) is 66.7 Å². The van der Waals surface area contributed by atoms with E-state index in [9.17, 15) is 14.3 Å². The SMILES string of the molecule is CC(=O)Nc1cc(-c2ccccc2)ccc1OCC(O)CN1CCc2[nH]c3ccc(F)cc3c2C1. The lowest BCUT2D eigenvalue weighted by molar-refractivity contribution is -0.114. The van der Waals surface area contributed by atoms with Gasteiger partial charge in [-0.1, -0.05) is 36.4 Å². The van der Waals surface area contributed by atoms with Crippen molar-refractivity contribution in [3.05, 3.63) is 83.8 Å². The van der Waals surface area contributed by atoms with Gasteiger partial charge in [-0.25, -0.2) is 4.39 Å². The fraction of sp³-hybridized carbons (Fsp3) is 0.250. The van der Waals surface area contributed by atoms with Gasteiger partial charge in [-0.05, 0) is 47.0 Å². The Labute approximate surface area is 203 Å². The van der Waals surface area contributed by atoms with Crippen LogP contribution in [0.4, 0.5) is 10.1 Å². The second-order valence-electron chi connectivity index (χ2n) is 8.98. The summed E-state index contributed by atoms with van der Waals surface area (Å²) in [7, 11) is 0. The van der Waals surface area contributed by atoms with Gasteiger partial charge in [-0.15, -0.1) is 0 Å². The van der Waals surface area contributed by atoms with Gasteiger partial charge in [0, 0.05) is 49.6 Å². The fourth-order valence-corrected chi connectivity index (χ4v) is 4.69. The van der Waals surface area contributed by atoms with Gasteiger partial charge < -0.3 is 20.1 Å². The Kier molecular flexibility index (Phi) is 6.53. The van der Waals surface area contributed by atoms with Gasteiger partial charge >= 0.3 is 0 Å². The van der Waals surface area contributed by atoms with E-state index in [2.05, 4.69) is 15.2 Å². The number of aliphatic hydroxyl groups is 1. The Morgan fingerprint density at radius 3 is 2.77 bits per heavy atom. The number of fused-ring (bicyclic) bond motifs is 3. The molecule has 0 spiro atoms. The number of amides is 1. The molecule has 7 heteroatoms. The van der Waals surface area contributed by atoms with Crippen molar-refractivity contribution in [3.63, 3.8) is 0 Å². The zero-order valence-electron chi connectivity index (χ0n) is 19.6. The molecule has 0 radical (unpaired) electrons. The molecule has 1 aromatic heterocycles. The highest BCUT2D eigenvalue weighted by atomic mass is 19.1. The van der Waals surface area contributed by atoms with Crippen molar-refractivity contribution in [2.75, 3.05) is 25.0 Å². The van der Waals surface area contributed by atoms with Gasteiger partial charge in [0.2, 0.25) is 5.91 Å². The third kappa shape index (κ3) is 5.21. The highest BCUT2D eigenvalue weighted by Gasteiger charge is 2.23. The quantitative estimate of drug-likeness (QED) is 0.363. The normalized spacial score (nSPS) is 14.5. The number of ether oxygens (including phenoxy) is 1. The number of aromatic amines is 1. The maximum absolute atomic E-state index is 13.8. The molecule has 2 heterocycles. The number of carbonyl (C=O) groups excluding carboxylic acids is 1. The molecular formula is C28H28FN3O3. The molecule has 0 aliphatic carbocycles.